The fourth-order valence-electron chi connectivity index (χ4n) is 5.30. The largest absolute Gasteiger partial charge is 0.337 e. The molecule has 0 radical (unpaired) electrons. The van der Waals surface area contributed by atoms with Gasteiger partial charge < -0.3 is 15.1 Å². The average molecular weight is 516 g/mol. The number of carbonyl (C=O) groups is 3. The van der Waals surface area contributed by atoms with Crippen LogP contribution in [-0.4, -0.2) is 76.0 Å². The van der Waals surface area contributed by atoms with Crippen molar-refractivity contribution in [1.82, 2.24) is 25.1 Å². The highest BCUT2D eigenvalue weighted by Gasteiger charge is 2.52. The van der Waals surface area contributed by atoms with Crippen LogP contribution in [0.3, 0.4) is 0 Å². The van der Waals surface area contributed by atoms with Crippen LogP contribution in [0.4, 0.5) is 4.79 Å². The van der Waals surface area contributed by atoms with Gasteiger partial charge in [0.15, 0.2) is 0 Å². The quantitative estimate of drug-likeness (QED) is 0.521. The van der Waals surface area contributed by atoms with Gasteiger partial charge in [0, 0.05) is 13.1 Å². The Morgan fingerprint density at radius 2 is 1.74 bits per heavy atom. The molecule has 0 bridgehead atoms. The summed E-state index contributed by atoms with van der Waals surface area (Å²) in [5, 5.41) is 6.18. The molecule has 2 aromatic carbocycles. The van der Waals surface area contributed by atoms with Gasteiger partial charge in [-0.3, -0.25) is 9.59 Å². The molecule has 1 unspecified atom stereocenters. The number of terminal acetylenes is 1. The normalized spacial score (nSPS) is 20.6. The molecule has 8 nitrogen and oxygen atoms in total. The zero-order valence-corrected chi connectivity index (χ0v) is 22.3. The number of amides is 4. The highest BCUT2D eigenvalue weighted by atomic mass is 16.2. The Morgan fingerprint density at radius 3 is 2.37 bits per heavy atom. The number of piperazine rings is 1. The molecule has 4 amide bonds. The summed E-state index contributed by atoms with van der Waals surface area (Å²) in [5.41, 5.74) is 2.18. The molecule has 200 valence electrons. The molecule has 2 saturated heterocycles. The van der Waals surface area contributed by atoms with Crippen LogP contribution >= 0.6 is 0 Å². The van der Waals surface area contributed by atoms with E-state index < -0.39 is 12.2 Å². The number of aryl methyl sites for hydroxylation is 1. The summed E-state index contributed by atoms with van der Waals surface area (Å²) < 4.78 is 0. The van der Waals surface area contributed by atoms with Crippen LogP contribution in [0.25, 0.3) is 0 Å². The van der Waals surface area contributed by atoms with Crippen LogP contribution in [0, 0.1) is 18.3 Å². The first kappa shape index (κ1) is 27.2. The van der Waals surface area contributed by atoms with Crippen molar-refractivity contribution >= 4 is 17.8 Å². The van der Waals surface area contributed by atoms with Crippen LogP contribution in [-0.2, 0) is 22.6 Å². The van der Waals surface area contributed by atoms with Crippen LogP contribution < -0.4 is 5.32 Å². The first-order chi connectivity index (χ1) is 18.4. The molecule has 4 rings (SSSR count). The number of hydrazine groups is 1. The van der Waals surface area contributed by atoms with E-state index in [1.807, 2.05) is 67.3 Å². The highest BCUT2D eigenvalue weighted by molar-refractivity contribution is 5.91. The average Bonchev–Trinajstić information content (AvgIpc) is 2.93. The predicted molar refractivity (Wildman–Crippen MR) is 146 cm³/mol. The van der Waals surface area contributed by atoms with Crippen molar-refractivity contribution in [2.24, 2.45) is 5.92 Å². The van der Waals surface area contributed by atoms with Crippen LogP contribution in [0.1, 0.15) is 37.8 Å². The fourth-order valence-corrected chi connectivity index (χ4v) is 5.30. The van der Waals surface area contributed by atoms with E-state index in [4.69, 9.17) is 6.42 Å². The molecule has 0 aromatic heterocycles. The molecule has 0 aliphatic carbocycles. The number of carbonyl (C=O) groups excluding carboxylic acids is 3. The van der Waals surface area contributed by atoms with Gasteiger partial charge in [-0.1, -0.05) is 86.9 Å². The third-order valence-corrected chi connectivity index (χ3v) is 7.45. The van der Waals surface area contributed by atoms with Gasteiger partial charge in [-0.25, -0.2) is 9.80 Å². The van der Waals surface area contributed by atoms with E-state index in [0.717, 1.165) is 24.8 Å². The second kappa shape index (κ2) is 12.6. The zero-order valence-electron chi connectivity index (χ0n) is 22.3. The van der Waals surface area contributed by atoms with E-state index >= 15 is 0 Å². The van der Waals surface area contributed by atoms with Gasteiger partial charge in [0.2, 0.25) is 11.8 Å². The van der Waals surface area contributed by atoms with Crippen molar-refractivity contribution in [3.8, 4) is 12.3 Å². The molecule has 0 saturated carbocycles. The Balaban J connectivity index is 1.59. The van der Waals surface area contributed by atoms with Gasteiger partial charge in [0.05, 0.1) is 19.6 Å². The number of nitrogens with one attached hydrogen (secondary N) is 1. The van der Waals surface area contributed by atoms with Crippen molar-refractivity contribution in [3.63, 3.8) is 0 Å². The topological polar surface area (TPSA) is 76.2 Å². The first-order valence-electron chi connectivity index (χ1n) is 13.4. The second-order valence-corrected chi connectivity index (χ2v) is 10.0. The predicted octanol–water partition coefficient (Wildman–Crippen LogP) is 3.11. The number of fused-ring (bicyclic) bond motifs is 1. The summed E-state index contributed by atoms with van der Waals surface area (Å²) in [6.45, 7) is 5.21. The van der Waals surface area contributed by atoms with Gasteiger partial charge in [0.1, 0.15) is 12.2 Å². The minimum atomic E-state index is -0.631. The van der Waals surface area contributed by atoms with E-state index in [2.05, 4.69) is 23.4 Å². The number of rotatable bonds is 9. The molecule has 0 spiro atoms. The lowest BCUT2D eigenvalue weighted by Gasteiger charge is -2.55. The van der Waals surface area contributed by atoms with Crippen LogP contribution in [0.2, 0.25) is 0 Å². The van der Waals surface area contributed by atoms with Crippen molar-refractivity contribution in [1.29, 1.82) is 0 Å². The summed E-state index contributed by atoms with van der Waals surface area (Å²) in [6, 6.07) is 18.9. The second-order valence-electron chi connectivity index (χ2n) is 10.0. The van der Waals surface area contributed by atoms with Gasteiger partial charge >= 0.3 is 6.03 Å². The maximum atomic E-state index is 13.7. The van der Waals surface area contributed by atoms with E-state index in [0.29, 0.717) is 13.1 Å². The number of hydrogen-bond donors (Lipinski definition) is 1. The van der Waals surface area contributed by atoms with E-state index in [1.165, 1.54) is 5.56 Å². The minimum absolute atomic E-state index is 0.0479. The lowest BCUT2D eigenvalue weighted by molar-refractivity contribution is -0.192. The van der Waals surface area contributed by atoms with Gasteiger partial charge in [-0.15, -0.1) is 6.42 Å². The maximum absolute atomic E-state index is 13.7. The van der Waals surface area contributed by atoms with E-state index in [9.17, 15) is 14.4 Å². The molecule has 2 fully saturated rings. The number of urea groups is 1. The molecule has 2 aliphatic rings. The fraction of sp³-hybridized carbons (Fsp3) is 0.433. The number of hydrogen-bond acceptors (Lipinski definition) is 4. The highest BCUT2D eigenvalue weighted by Crippen LogP contribution is 2.31. The summed E-state index contributed by atoms with van der Waals surface area (Å²) in [5.74, 6) is 2.30. The first-order valence-corrected chi connectivity index (χ1v) is 13.4. The van der Waals surface area contributed by atoms with Crippen LogP contribution in [0.5, 0.6) is 0 Å². The third kappa shape index (κ3) is 6.00. The third-order valence-electron chi connectivity index (χ3n) is 7.45. The molecule has 2 aromatic rings. The molecular weight excluding hydrogens is 478 g/mol. The number of nitrogens with zero attached hydrogens (tertiary/aromatic N) is 4. The number of benzene rings is 2. The molecular formula is C30H37N5O3. The monoisotopic (exact) mass is 515 g/mol. The molecule has 3 atom stereocenters. The van der Waals surface area contributed by atoms with Crippen molar-refractivity contribution < 1.29 is 14.4 Å². The lowest BCUT2D eigenvalue weighted by atomic mass is 9.92. The summed E-state index contributed by atoms with van der Waals surface area (Å²) >= 11 is 0. The van der Waals surface area contributed by atoms with Crippen molar-refractivity contribution in [3.05, 3.63) is 71.8 Å². The minimum Gasteiger partial charge on any atom is -0.337 e. The molecule has 8 heteroatoms. The summed E-state index contributed by atoms with van der Waals surface area (Å²) in [7, 11) is 0. The Hall–Kier alpha value is -3.83. The summed E-state index contributed by atoms with van der Waals surface area (Å²) in [4.78, 5) is 44.2. The van der Waals surface area contributed by atoms with Crippen LogP contribution in [0.15, 0.2) is 60.7 Å². The van der Waals surface area contributed by atoms with Gasteiger partial charge in [-0.2, -0.15) is 5.01 Å². The summed E-state index contributed by atoms with van der Waals surface area (Å²) in [6.07, 6.45) is 7.37. The molecule has 2 aliphatic heterocycles. The Morgan fingerprint density at radius 1 is 1.08 bits per heavy atom. The Bertz CT molecular complexity index is 1150. The smallest absolute Gasteiger partial charge is 0.334 e. The molecule has 2 heterocycles. The van der Waals surface area contributed by atoms with Crippen molar-refractivity contribution in [2.45, 2.75) is 51.9 Å². The van der Waals surface area contributed by atoms with Crippen molar-refractivity contribution in [2.75, 3.05) is 26.2 Å². The lowest BCUT2D eigenvalue weighted by Crippen LogP contribution is -2.77. The zero-order chi connectivity index (χ0) is 27.1. The Labute approximate surface area is 225 Å². The maximum Gasteiger partial charge on any atom is 0.334 e. The molecule has 38 heavy (non-hydrogen) atoms. The SMILES string of the molecule is C#CCN1CC(=O)N2[C@@H](C(C)CC)C(=O)N(CCCc3ccccc3)C[C@@H]2N1C(=O)NCc1ccccc1. The Kier molecular flexibility index (Phi) is 9.03. The van der Waals surface area contributed by atoms with Gasteiger partial charge in [0.25, 0.3) is 0 Å². The molecule has 1 N–H and O–H groups in total. The van der Waals surface area contributed by atoms with E-state index in [1.54, 1.807) is 14.9 Å². The van der Waals surface area contributed by atoms with Gasteiger partial charge in [-0.05, 0) is 29.9 Å². The standard InChI is InChI=1S/C30H37N5O3/c1-4-18-33-22-27(36)34-26(35(33)30(38)31-20-25-15-10-7-11-16-25)21-32(29(37)28(34)23(3)5-2)19-12-17-24-13-8-6-9-14-24/h1,6-11,13-16,23,26,28H,5,12,17-22H2,2-3H3,(H,31,38)/t23?,26-,28-/m0/s1. The van der Waals surface area contributed by atoms with E-state index in [-0.39, 0.29) is 43.4 Å².